The summed E-state index contributed by atoms with van der Waals surface area (Å²) >= 11 is 10.3. The Balaban J connectivity index is 2.51. The van der Waals surface area contributed by atoms with Crippen LogP contribution < -0.4 is 4.31 Å². The Morgan fingerprint density at radius 3 is 2.63 bits per heavy atom. The van der Waals surface area contributed by atoms with Crippen molar-refractivity contribution in [3.05, 3.63) is 32.7 Å². The minimum Gasteiger partial charge on any atom is -0.243 e. The smallest absolute Gasteiger partial charge is 0.243 e. The molecule has 102 valence electrons. The quantitative estimate of drug-likeness (QED) is 0.818. The molecule has 0 amide bonds. The van der Waals surface area contributed by atoms with E-state index in [1.54, 1.807) is 19.1 Å². The van der Waals surface area contributed by atoms with Crippen molar-refractivity contribution >= 4 is 54.0 Å². The molecule has 0 fully saturated rings. The summed E-state index contributed by atoms with van der Waals surface area (Å²) in [5.41, 5.74) is 0. The first kappa shape index (κ1) is 14.7. The van der Waals surface area contributed by atoms with E-state index < -0.39 is 10.0 Å². The van der Waals surface area contributed by atoms with E-state index in [4.69, 9.17) is 11.6 Å². The van der Waals surface area contributed by atoms with Crippen LogP contribution in [0.4, 0.5) is 5.13 Å². The van der Waals surface area contributed by atoms with Crippen molar-refractivity contribution in [1.82, 2.24) is 10.2 Å². The van der Waals surface area contributed by atoms with Crippen LogP contribution in [-0.4, -0.2) is 25.7 Å². The number of hydrogen-bond donors (Lipinski definition) is 0. The number of benzene rings is 1. The van der Waals surface area contributed by atoms with Crippen molar-refractivity contribution in [2.75, 3.05) is 11.4 Å². The van der Waals surface area contributed by atoms with Gasteiger partial charge in [-0.2, -0.15) is 0 Å². The molecule has 0 atom stereocenters. The summed E-state index contributed by atoms with van der Waals surface area (Å²) in [6.45, 7) is 1.76. The zero-order valence-corrected chi connectivity index (χ0v) is 13.9. The average molecular weight is 383 g/mol. The normalized spacial score (nSPS) is 11.6. The average Bonchev–Trinajstić information content (AvgIpc) is 2.78. The molecule has 0 aliphatic heterocycles. The van der Waals surface area contributed by atoms with Crippen LogP contribution in [0.3, 0.4) is 0 Å². The Kier molecular flexibility index (Phi) is 4.14. The summed E-state index contributed by atoms with van der Waals surface area (Å²) in [6, 6.07) is 4.68. The van der Waals surface area contributed by atoms with Crippen LogP contribution in [0.1, 0.15) is 5.01 Å². The predicted molar refractivity (Wildman–Crippen MR) is 79.4 cm³/mol. The topological polar surface area (TPSA) is 63.2 Å². The molecule has 9 heteroatoms. The van der Waals surface area contributed by atoms with Crippen molar-refractivity contribution in [1.29, 1.82) is 0 Å². The molecule has 0 radical (unpaired) electrons. The van der Waals surface area contributed by atoms with Crippen LogP contribution in [-0.2, 0) is 10.0 Å². The molecule has 0 saturated carbocycles. The number of sulfonamides is 1. The van der Waals surface area contributed by atoms with Crippen molar-refractivity contribution in [2.24, 2.45) is 0 Å². The highest BCUT2D eigenvalue weighted by atomic mass is 79.9. The van der Waals surface area contributed by atoms with Gasteiger partial charge in [-0.25, -0.2) is 12.7 Å². The third kappa shape index (κ3) is 2.76. The highest BCUT2D eigenvalue weighted by molar-refractivity contribution is 9.10. The van der Waals surface area contributed by atoms with Gasteiger partial charge in [0.05, 0.1) is 9.50 Å². The fourth-order valence-electron chi connectivity index (χ4n) is 1.35. The number of aryl methyl sites for hydroxylation is 1. The lowest BCUT2D eigenvalue weighted by Gasteiger charge is -2.16. The van der Waals surface area contributed by atoms with Crippen molar-refractivity contribution < 1.29 is 8.42 Å². The van der Waals surface area contributed by atoms with Gasteiger partial charge in [-0.1, -0.05) is 29.0 Å². The zero-order valence-electron chi connectivity index (χ0n) is 9.96. The molecule has 0 bridgehead atoms. The maximum atomic E-state index is 12.5. The molecule has 1 aromatic carbocycles. The van der Waals surface area contributed by atoms with Crippen LogP contribution in [0.5, 0.6) is 0 Å². The second-order valence-corrected chi connectivity index (χ2v) is 7.93. The summed E-state index contributed by atoms with van der Waals surface area (Å²) in [5, 5.41) is 8.98. The van der Waals surface area contributed by atoms with Gasteiger partial charge in [0.1, 0.15) is 9.90 Å². The van der Waals surface area contributed by atoms with Crippen LogP contribution in [0, 0.1) is 6.92 Å². The first-order chi connectivity index (χ1) is 8.84. The summed E-state index contributed by atoms with van der Waals surface area (Å²) < 4.78 is 26.4. The van der Waals surface area contributed by atoms with Gasteiger partial charge in [0.2, 0.25) is 5.13 Å². The molecular formula is C10H9BrClN3O2S2. The third-order valence-corrected chi connectivity index (χ3v) is 6.82. The van der Waals surface area contributed by atoms with Gasteiger partial charge < -0.3 is 0 Å². The molecule has 1 heterocycles. The SMILES string of the molecule is Cc1nnc(N(C)S(=O)(=O)c2cccc(Cl)c2Br)s1. The molecule has 2 rings (SSSR count). The maximum absolute atomic E-state index is 12.5. The number of halogens is 2. The van der Waals surface area contributed by atoms with Crippen molar-refractivity contribution in [3.8, 4) is 0 Å². The Hall–Kier alpha value is -0.700. The Morgan fingerprint density at radius 1 is 1.37 bits per heavy atom. The fraction of sp³-hybridized carbons (Fsp3) is 0.200. The summed E-state index contributed by atoms with van der Waals surface area (Å²) in [6.07, 6.45) is 0. The Morgan fingerprint density at radius 2 is 2.05 bits per heavy atom. The number of aromatic nitrogens is 2. The largest absolute Gasteiger partial charge is 0.267 e. The Bertz CT molecular complexity index is 717. The molecule has 0 unspecified atom stereocenters. The van der Waals surface area contributed by atoms with Gasteiger partial charge in [0.25, 0.3) is 10.0 Å². The maximum Gasteiger partial charge on any atom is 0.267 e. The highest BCUT2D eigenvalue weighted by Crippen LogP contribution is 2.33. The lowest BCUT2D eigenvalue weighted by Crippen LogP contribution is -2.26. The molecule has 0 aliphatic carbocycles. The van der Waals surface area contributed by atoms with Crippen molar-refractivity contribution in [2.45, 2.75) is 11.8 Å². The minimum absolute atomic E-state index is 0.0929. The molecule has 1 aromatic heterocycles. The first-order valence-electron chi connectivity index (χ1n) is 5.07. The number of hydrogen-bond acceptors (Lipinski definition) is 5. The second kappa shape index (κ2) is 5.35. The van der Waals surface area contributed by atoms with Crippen LogP contribution in [0.25, 0.3) is 0 Å². The molecule has 0 spiro atoms. The molecule has 0 aliphatic rings. The predicted octanol–water partition coefficient (Wildman–Crippen LogP) is 3.09. The fourth-order valence-corrected chi connectivity index (χ4v) is 4.54. The van der Waals surface area contributed by atoms with E-state index in [-0.39, 0.29) is 4.90 Å². The van der Waals surface area contributed by atoms with E-state index in [1.165, 1.54) is 24.5 Å². The lowest BCUT2D eigenvalue weighted by molar-refractivity contribution is 0.593. The number of nitrogens with zero attached hydrogens (tertiary/aromatic N) is 3. The van der Waals surface area contributed by atoms with Crippen LogP contribution in [0.15, 0.2) is 27.6 Å². The lowest BCUT2D eigenvalue weighted by atomic mass is 10.4. The van der Waals surface area contributed by atoms with Gasteiger partial charge in [-0.05, 0) is 35.0 Å². The number of anilines is 1. The van der Waals surface area contributed by atoms with Gasteiger partial charge in [0, 0.05) is 7.05 Å². The van der Waals surface area contributed by atoms with E-state index in [0.29, 0.717) is 19.6 Å². The van der Waals surface area contributed by atoms with Gasteiger partial charge >= 0.3 is 0 Å². The van der Waals surface area contributed by atoms with Gasteiger partial charge in [-0.15, -0.1) is 10.2 Å². The third-order valence-electron chi connectivity index (χ3n) is 2.34. The zero-order chi connectivity index (χ0) is 14.2. The van der Waals surface area contributed by atoms with Crippen molar-refractivity contribution in [3.63, 3.8) is 0 Å². The molecule has 0 N–H and O–H groups in total. The summed E-state index contributed by atoms with van der Waals surface area (Å²) in [5.74, 6) is 0. The van der Waals surface area contributed by atoms with E-state index >= 15 is 0 Å². The highest BCUT2D eigenvalue weighted by Gasteiger charge is 2.26. The number of rotatable bonds is 3. The van der Waals surface area contributed by atoms with E-state index in [9.17, 15) is 8.42 Å². The van der Waals surface area contributed by atoms with E-state index in [2.05, 4.69) is 26.1 Å². The standard InChI is InChI=1S/C10H9BrClN3O2S2/c1-6-13-14-10(18-6)15(2)19(16,17)8-5-3-4-7(12)9(8)11/h3-5H,1-2H3. The molecule has 19 heavy (non-hydrogen) atoms. The minimum atomic E-state index is -3.72. The van der Waals surface area contributed by atoms with Gasteiger partial charge in [0.15, 0.2) is 0 Å². The van der Waals surface area contributed by atoms with Crippen LogP contribution >= 0.6 is 38.9 Å². The molecule has 0 saturated heterocycles. The van der Waals surface area contributed by atoms with E-state index in [1.807, 2.05) is 0 Å². The molecule has 2 aromatic rings. The Labute approximate surface area is 128 Å². The first-order valence-corrected chi connectivity index (χ1v) is 8.50. The molecular weight excluding hydrogens is 374 g/mol. The van der Waals surface area contributed by atoms with Crippen LogP contribution in [0.2, 0.25) is 5.02 Å². The van der Waals surface area contributed by atoms with Gasteiger partial charge in [-0.3, -0.25) is 0 Å². The monoisotopic (exact) mass is 381 g/mol. The molecule has 5 nitrogen and oxygen atoms in total. The van der Waals surface area contributed by atoms with E-state index in [0.717, 1.165) is 4.31 Å². The summed E-state index contributed by atoms with van der Waals surface area (Å²) in [7, 11) is -2.29. The second-order valence-electron chi connectivity index (χ2n) is 3.63. The summed E-state index contributed by atoms with van der Waals surface area (Å²) in [4.78, 5) is 0.0929.